The quantitative estimate of drug-likeness (QED) is 0.108. The molecule has 0 radical (unpaired) electrons. The van der Waals surface area contributed by atoms with Gasteiger partial charge in [0, 0.05) is 27.7 Å². The molecule has 0 saturated heterocycles. The van der Waals surface area contributed by atoms with Gasteiger partial charge in [-0.05, 0) is 94.0 Å². The van der Waals surface area contributed by atoms with E-state index in [9.17, 15) is 0 Å². The zero-order chi connectivity index (χ0) is 28.7. The normalized spacial score (nSPS) is 12.2. The van der Waals surface area contributed by atoms with Gasteiger partial charge in [-0.15, -0.1) is 0 Å². The van der Waals surface area contributed by atoms with Crippen LogP contribution < -0.4 is 9.47 Å². The Hall–Kier alpha value is -4.27. The van der Waals surface area contributed by atoms with Crippen LogP contribution in [0.3, 0.4) is 0 Å². The molecule has 0 N–H and O–H groups in total. The van der Waals surface area contributed by atoms with Crippen molar-refractivity contribution in [2.45, 2.75) is 20.1 Å². The largest absolute Gasteiger partial charge is 0.489 e. The van der Waals surface area contributed by atoms with Gasteiger partial charge in [0.2, 0.25) is 0 Å². The maximum absolute atomic E-state index is 5.90. The van der Waals surface area contributed by atoms with Crippen LogP contribution in [-0.4, -0.2) is 25.1 Å². The van der Waals surface area contributed by atoms with E-state index < -0.39 is 0 Å². The number of rotatable bonds is 15. The molecule has 0 aromatic heterocycles. The van der Waals surface area contributed by atoms with Crippen molar-refractivity contribution in [2.75, 3.05) is 12.7 Å². The Bertz CT molecular complexity index is 1430. The van der Waals surface area contributed by atoms with Crippen LogP contribution in [0, 0.1) is 5.92 Å². The molecule has 4 aromatic rings. The topological polar surface area (TPSA) is 43.2 Å². The molecular weight excluding hydrogens is 523 g/mol. The smallest absolute Gasteiger partial charge is 0.119 e. The van der Waals surface area contributed by atoms with Crippen LogP contribution in [-0.2, 0) is 13.2 Å². The lowest BCUT2D eigenvalue weighted by atomic mass is 10.1. The molecule has 0 fully saturated rings. The molecule has 0 saturated carbocycles. The van der Waals surface area contributed by atoms with Crippen molar-refractivity contribution in [3.63, 3.8) is 0 Å². The Morgan fingerprint density at radius 2 is 1.07 bits per heavy atom. The molecule has 4 nitrogen and oxygen atoms in total. The summed E-state index contributed by atoms with van der Waals surface area (Å²) in [5, 5.41) is 0. The van der Waals surface area contributed by atoms with Crippen LogP contribution in [0.2, 0.25) is 0 Å². The van der Waals surface area contributed by atoms with Crippen LogP contribution in [0.25, 0.3) is 12.2 Å². The highest BCUT2D eigenvalue weighted by atomic mass is 31.1. The van der Waals surface area contributed by atoms with Crippen molar-refractivity contribution in [3.05, 3.63) is 144 Å². The van der Waals surface area contributed by atoms with Gasteiger partial charge in [-0.25, -0.2) is 0 Å². The number of hydrogen-bond donors (Lipinski definition) is 0. The van der Waals surface area contributed by atoms with Crippen molar-refractivity contribution in [1.82, 2.24) is 0 Å². The molecule has 5 heteroatoms. The van der Waals surface area contributed by atoms with E-state index in [1.807, 2.05) is 97.4 Å². The summed E-state index contributed by atoms with van der Waals surface area (Å²) in [5.41, 5.74) is 6.62. The first-order valence-corrected chi connectivity index (χ1v) is 14.9. The number of ether oxygens (including phenoxy) is 2. The number of hydrogen-bond acceptors (Lipinski definition) is 4. The van der Waals surface area contributed by atoms with E-state index in [1.165, 1.54) is 0 Å². The lowest BCUT2D eigenvalue weighted by Gasteiger charge is -2.07. The van der Waals surface area contributed by atoms with Gasteiger partial charge in [-0.1, -0.05) is 80.8 Å². The lowest BCUT2D eigenvalue weighted by Crippen LogP contribution is -2.01. The molecular formula is C36H37N2O2P. The second kappa shape index (κ2) is 16.1. The van der Waals surface area contributed by atoms with Crippen LogP contribution in [0.4, 0.5) is 0 Å². The molecule has 4 rings (SSSR count). The molecule has 0 amide bonds. The molecule has 41 heavy (non-hydrogen) atoms. The summed E-state index contributed by atoms with van der Waals surface area (Å²) in [5.74, 6) is 2.16. The fraction of sp³-hybridized carbons (Fsp3) is 0.167. The van der Waals surface area contributed by atoms with Gasteiger partial charge in [0.15, 0.2) is 0 Å². The molecule has 2 atom stereocenters. The molecule has 0 bridgehead atoms. The summed E-state index contributed by atoms with van der Waals surface area (Å²) in [4.78, 5) is 4.64. The summed E-state index contributed by atoms with van der Waals surface area (Å²) >= 11 is 0. The number of benzene rings is 4. The van der Waals surface area contributed by atoms with Gasteiger partial charge in [-0.2, -0.15) is 0 Å². The molecule has 208 valence electrons. The first kappa shape index (κ1) is 29.7. The average Bonchev–Trinajstić information content (AvgIpc) is 3.03. The minimum absolute atomic E-state index is 0.466. The van der Waals surface area contributed by atoms with Gasteiger partial charge in [0.1, 0.15) is 24.7 Å². The third kappa shape index (κ3) is 10.3. The Morgan fingerprint density at radius 1 is 0.634 bits per heavy atom. The Kier molecular flexibility index (Phi) is 11.7. The minimum Gasteiger partial charge on any atom is -0.489 e. The summed E-state index contributed by atoms with van der Waals surface area (Å²) in [6.07, 6.45) is 8.56. The standard InChI is InChI=1S/C36H37N2O2P/c1-4-29-6-10-33(11-7-29)25-39-35-18-14-31(15-19-35)23-37-22-28(3)27-41-38-24-32-16-20-36(21-17-32)40-26-34-12-8-30(5-2)9-13-34/h4-21,23-24,28,41H,1-2,22,25-27H2,3H3/b37-23?,38-24+. The monoisotopic (exact) mass is 560 g/mol. The predicted molar refractivity (Wildman–Crippen MR) is 177 cm³/mol. The van der Waals surface area contributed by atoms with Gasteiger partial charge < -0.3 is 9.47 Å². The first-order chi connectivity index (χ1) is 20.1. The van der Waals surface area contributed by atoms with Crippen molar-refractivity contribution >= 4 is 33.3 Å². The van der Waals surface area contributed by atoms with Crippen molar-refractivity contribution in [1.29, 1.82) is 0 Å². The fourth-order valence-electron chi connectivity index (χ4n) is 3.86. The molecule has 0 spiro atoms. The van der Waals surface area contributed by atoms with E-state index in [-0.39, 0.29) is 0 Å². The summed E-state index contributed by atoms with van der Waals surface area (Å²) in [7, 11) is 0.514. The second-order valence-corrected chi connectivity index (χ2v) is 10.8. The second-order valence-electron chi connectivity index (χ2n) is 9.83. The molecule has 4 aromatic carbocycles. The summed E-state index contributed by atoms with van der Waals surface area (Å²) in [6, 6.07) is 32.5. The lowest BCUT2D eigenvalue weighted by molar-refractivity contribution is 0.306. The third-order valence-electron chi connectivity index (χ3n) is 6.40. The zero-order valence-corrected chi connectivity index (χ0v) is 24.6. The number of aliphatic imine (C=N–C) groups is 1. The van der Waals surface area contributed by atoms with E-state index in [0.29, 0.717) is 27.9 Å². The van der Waals surface area contributed by atoms with E-state index in [0.717, 1.165) is 57.6 Å². The molecule has 0 aliphatic carbocycles. The van der Waals surface area contributed by atoms with Crippen molar-refractivity contribution in [2.24, 2.45) is 15.7 Å². The molecule has 0 aliphatic heterocycles. The van der Waals surface area contributed by atoms with Crippen LogP contribution in [0.5, 0.6) is 11.5 Å². The van der Waals surface area contributed by atoms with Crippen LogP contribution in [0.1, 0.15) is 40.3 Å². The minimum atomic E-state index is 0.466. The van der Waals surface area contributed by atoms with Gasteiger partial charge in [0.25, 0.3) is 0 Å². The van der Waals surface area contributed by atoms with Gasteiger partial charge in [-0.3, -0.25) is 9.76 Å². The SMILES string of the molecule is C=Cc1ccc(COc2ccc(C=NCC(C)CP/N=C/c3ccc(OCc4ccc(C=C)cc4)cc3)cc2)cc1. The first-order valence-electron chi connectivity index (χ1n) is 13.8. The van der Waals surface area contributed by atoms with Gasteiger partial charge >= 0.3 is 0 Å². The Morgan fingerprint density at radius 3 is 1.54 bits per heavy atom. The highest BCUT2D eigenvalue weighted by Gasteiger charge is 2.01. The van der Waals surface area contributed by atoms with Crippen LogP contribution >= 0.6 is 8.73 Å². The molecule has 0 heterocycles. The maximum atomic E-state index is 5.90. The van der Waals surface area contributed by atoms with Gasteiger partial charge in [0.05, 0.1) is 0 Å². The molecule has 0 aliphatic rings. The summed E-state index contributed by atoms with van der Waals surface area (Å²) < 4.78 is 16.4. The van der Waals surface area contributed by atoms with Crippen LogP contribution in [0.15, 0.2) is 120 Å². The van der Waals surface area contributed by atoms with E-state index in [4.69, 9.17) is 9.47 Å². The highest BCUT2D eigenvalue weighted by molar-refractivity contribution is 7.36. The van der Waals surface area contributed by atoms with E-state index >= 15 is 0 Å². The Labute approximate surface area is 246 Å². The number of nitrogens with zero attached hydrogens (tertiary/aromatic N) is 2. The predicted octanol–water partition coefficient (Wildman–Crippen LogP) is 8.90. The van der Waals surface area contributed by atoms with E-state index in [2.05, 4.69) is 54.1 Å². The fourth-order valence-corrected chi connectivity index (χ4v) is 4.65. The maximum Gasteiger partial charge on any atom is 0.119 e. The summed E-state index contributed by atoms with van der Waals surface area (Å²) in [6.45, 7) is 11.6. The van der Waals surface area contributed by atoms with Crippen molar-refractivity contribution in [3.8, 4) is 11.5 Å². The van der Waals surface area contributed by atoms with Crippen molar-refractivity contribution < 1.29 is 9.47 Å². The van der Waals surface area contributed by atoms with E-state index in [1.54, 1.807) is 0 Å². The highest BCUT2D eigenvalue weighted by Crippen LogP contribution is 2.19. The third-order valence-corrected chi connectivity index (χ3v) is 7.60. The average molecular weight is 561 g/mol. The Balaban J connectivity index is 1.12. The zero-order valence-electron chi connectivity index (χ0n) is 23.6. The molecule has 2 unspecified atom stereocenters.